The Balaban J connectivity index is 1.92. The molecule has 1 amide bonds. The summed E-state index contributed by atoms with van der Waals surface area (Å²) in [6, 6.07) is 4.77. The van der Waals surface area contributed by atoms with E-state index in [9.17, 15) is 14.9 Å². The lowest BCUT2D eigenvalue weighted by Gasteiger charge is -2.07. The fraction of sp³-hybridized carbons (Fsp3) is 0.167. The Morgan fingerprint density at radius 3 is 2.86 bits per heavy atom. The molecule has 0 bridgehead atoms. The minimum absolute atomic E-state index is 0.0980. The number of aromatic nitrogens is 2. The highest BCUT2D eigenvalue weighted by atomic mass is 35.5. The molecular formula is C12H10Cl2N4O3. The molecule has 0 aliphatic rings. The number of nitrogens with one attached hydrogen (secondary N) is 1. The fourth-order valence-corrected chi connectivity index (χ4v) is 2.01. The van der Waals surface area contributed by atoms with Crippen molar-refractivity contribution in [3.8, 4) is 0 Å². The van der Waals surface area contributed by atoms with Crippen LogP contribution in [-0.4, -0.2) is 27.2 Å². The summed E-state index contributed by atoms with van der Waals surface area (Å²) in [5.74, 6) is -0.371. The topological polar surface area (TPSA) is 90.1 Å². The van der Waals surface area contributed by atoms with E-state index in [-0.39, 0.29) is 28.7 Å². The van der Waals surface area contributed by atoms with Gasteiger partial charge in [-0.2, -0.15) is 5.10 Å². The highest BCUT2D eigenvalue weighted by Gasteiger charge is 2.12. The molecule has 1 aromatic carbocycles. The molecule has 0 atom stereocenters. The molecule has 21 heavy (non-hydrogen) atoms. The van der Waals surface area contributed by atoms with Gasteiger partial charge in [-0.15, -0.1) is 0 Å². The van der Waals surface area contributed by atoms with Crippen LogP contribution < -0.4 is 5.32 Å². The molecule has 110 valence electrons. The number of hydrogen-bond donors (Lipinski definition) is 1. The van der Waals surface area contributed by atoms with E-state index >= 15 is 0 Å². The van der Waals surface area contributed by atoms with Crippen LogP contribution in [0.3, 0.4) is 0 Å². The summed E-state index contributed by atoms with van der Waals surface area (Å²) >= 11 is 11.8. The average Bonchev–Trinajstić information content (AvgIpc) is 2.91. The van der Waals surface area contributed by atoms with Crippen molar-refractivity contribution in [2.45, 2.75) is 6.54 Å². The van der Waals surface area contributed by atoms with Gasteiger partial charge in [-0.05, 0) is 12.1 Å². The smallest absolute Gasteiger partial charge is 0.306 e. The molecule has 0 saturated heterocycles. The number of rotatable bonds is 5. The van der Waals surface area contributed by atoms with Crippen LogP contribution in [0.2, 0.25) is 10.0 Å². The maximum atomic E-state index is 11.9. The molecular weight excluding hydrogens is 319 g/mol. The van der Waals surface area contributed by atoms with Crippen molar-refractivity contribution >= 4 is 34.8 Å². The summed E-state index contributed by atoms with van der Waals surface area (Å²) in [4.78, 5) is 21.9. The number of benzene rings is 1. The number of amides is 1. The van der Waals surface area contributed by atoms with Crippen LogP contribution in [0.1, 0.15) is 10.4 Å². The first kappa shape index (κ1) is 15.3. The lowest BCUT2D eigenvalue weighted by molar-refractivity contribution is -0.385. The first-order chi connectivity index (χ1) is 9.99. The molecule has 0 aliphatic carbocycles. The molecule has 2 rings (SSSR count). The molecule has 0 radical (unpaired) electrons. The molecule has 0 saturated carbocycles. The molecule has 0 spiro atoms. The summed E-state index contributed by atoms with van der Waals surface area (Å²) in [7, 11) is 0. The number of carbonyl (C=O) groups excluding carboxylic acids is 1. The van der Waals surface area contributed by atoms with Gasteiger partial charge in [-0.1, -0.05) is 29.3 Å². The van der Waals surface area contributed by atoms with Gasteiger partial charge in [0, 0.05) is 6.54 Å². The summed E-state index contributed by atoms with van der Waals surface area (Å²) in [6.45, 7) is 0.554. The first-order valence-electron chi connectivity index (χ1n) is 5.88. The SMILES string of the molecule is O=C(NCCn1cc([N+](=O)[O-])cn1)c1cccc(Cl)c1Cl. The van der Waals surface area contributed by atoms with Gasteiger partial charge < -0.3 is 5.32 Å². The Bertz CT molecular complexity index is 687. The summed E-state index contributed by atoms with van der Waals surface area (Å²) < 4.78 is 1.37. The Morgan fingerprint density at radius 2 is 2.19 bits per heavy atom. The van der Waals surface area contributed by atoms with E-state index < -0.39 is 4.92 Å². The second kappa shape index (κ2) is 6.55. The molecule has 1 N–H and O–H groups in total. The van der Waals surface area contributed by atoms with Crippen LogP contribution in [0.15, 0.2) is 30.6 Å². The molecule has 0 fully saturated rings. The minimum Gasteiger partial charge on any atom is -0.350 e. The van der Waals surface area contributed by atoms with Crippen LogP contribution in [0, 0.1) is 10.1 Å². The average molecular weight is 329 g/mol. The third-order valence-corrected chi connectivity index (χ3v) is 3.47. The van der Waals surface area contributed by atoms with E-state index in [0.29, 0.717) is 11.6 Å². The van der Waals surface area contributed by atoms with Gasteiger partial charge in [0.2, 0.25) is 0 Å². The van der Waals surface area contributed by atoms with Crippen LogP contribution in [0.4, 0.5) is 5.69 Å². The van der Waals surface area contributed by atoms with E-state index in [2.05, 4.69) is 10.4 Å². The Morgan fingerprint density at radius 1 is 1.43 bits per heavy atom. The van der Waals surface area contributed by atoms with Crippen LogP contribution in [-0.2, 0) is 6.54 Å². The maximum absolute atomic E-state index is 11.9. The maximum Gasteiger partial charge on any atom is 0.306 e. The summed E-state index contributed by atoms with van der Waals surface area (Å²) in [6.07, 6.45) is 2.44. The van der Waals surface area contributed by atoms with Crippen molar-refractivity contribution in [3.05, 3.63) is 56.3 Å². The first-order valence-corrected chi connectivity index (χ1v) is 6.63. The minimum atomic E-state index is -0.534. The zero-order valence-corrected chi connectivity index (χ0v) is 12.1. The van der Waals surface area contributed by atoms with Gasteiger partial charge in [0.1, 0.15) is 12.4 Å². The van der Waals surface area contributed by atoms with E-state index in [1.807, 2.05) is 0 Å². The molecule has 0 aliphatic heterocycles. The standard InChI is InChI=1S/C12H10Cl2N4O3/c13-10-3-1-2-9(11(10)14)12(19)15-4-5-17-7-8(6-16-17)18(20)21/h1-3,6-7H,4-5H2,(H,15,19). The lowest BCUT2D eigenvalue weighted by atomic mass is 10.2. The summed E-state index contributed by atoms with van der Waals surface area (Å²) in [5, 5.41) is 17.4. The number of nitrogens with zero attached hydrogens (tertiary/aromatic N) is 3. The molecule has 1 aromatic heterocycles. The number of hydrogen-bond acceptors (Lipinski definition) is 4. The zero-order valence-electron chi connectivity index (χ0n) is 10.6. The Hall–Kier alpha value is -2.12. The number of nitro groups is 1. The van der Waals surface area contributed by atoms with Crippen LogP contribution in [0.5, 0.6) is 0 Å². The third-order valence-electron chi connectivity index (χ3n) is 2.65. The summed E-state index contributed by atoms with van der Waals surface area (Å²) in [5.41, 5.74) is 0.176. The monoisotopic (exact) mass is 328 g/mol. The highest BCUT2D eigenvalue weighted by molar-refractivity contribution is 6.43. The normalized spacial score (nSPS) is 10.4. The highest BCUT2D eigenvalue weighted by Crippen LogP contribution is 2.25. The number of carbonyl (C=O) groups is 1. The van der Waals surface area contributed by atoms with E-state index in [0.717, 1.165) is 6.20 Å². The van der Waals surface area contributed by atoms with E-state index in [1.54, 1.807) is 18.2 Å². The predicted octanol–water partition coefficient (Wildman–Crippen LogP) is 2.53. The van der Waals surface area contributed by atoms with Crippen molar-refractivity contribution < 1.29 is 9.72 Å². The van der Waals surface area contributed by atoms with Gasteiger partial charge in [0.25, 0.3) is 5.91 Å². The second-order valence-electron chi connectivity index (χ2n) is 4.08. The predicted molar refractivity (Wildman–Crippen MR) is 77.7 cm³/mol. The van der Waals surface area contributed by atoms with Crippen molar-refractivity contribution in [3.63, 3.8) is 0 Å². The van der Waals surface area contributed by atoms with Crippen molar-refractivity contribution in [1.29, 1.82) is 0 Å². The van der Waals surface area contributed by atoms with Gasteiger partial charge in [-0.3, -0.25) is 19.6 Å². The molecule has 9 heteroatoms. The van der Waals surface area contributed by atoms with E-state index in [4.69, 9.17) is 23.2 Å². The van der Waals surface area contributed by atoms with Crippen molar-refractivity contribution in [2.75, 3.05) is 6.54 Å². The quantitative estimate of drug-likeness (QED) is 0.674. The Kier molecular flexibility index (Phi) is 4.77. The lowest BCUT2D eigenvalue weighted by Crippen LogP contribution is -2.27. The number of halogens is 2. The molecule has 1 heterocycles. The van der Waals surface area contributed by atoms with Crippen molar-refractivity contribution in [1.82, 2.24) is 15.1 Å². The van der Waals surface area contributed by atoms with Crippen LogP contribution in [0.25, 0.3) is 0 Å². The third kappa shape index (κ3) is 3.71. The Labute approximate surface area is 129 Å². The molecule has 0 unspecified atom stereocenters. The van der Waals surface area contributed by atoms with Gasteiger partial charge in [0.15, 0.2) is 0 Å². The van der Waals surface area contributed by atoms with Gasteiger partial charge >= 0.3 is 5.69 Å². The molecule has 7 nitrogen and oxygen atoms in total. The van der Waals surface area contributed by atoms with E-state index in [1.165, 1.54) is 10.9 Å². The molecule has 2 aromatic rings. The van der Waals surface area contributed by atoms with Gasteiger partial charge in [-0.25, -0.2) is 0 Å². The van der Waals surface area contributed by atoms with Crippen molar-refractivity contribution in [2.24, 2.45) is 0 Å². The zero-order chi connectivity index (χ0) is 15.4. The van der Waals surface area contributed by atoms with Crippen LogP contribution >= 0.6 is 23.2 Å². The largest absolute Gasteiger partial charge is 0.350 e. The second-order valence-corrected chi connectivity index (χ2v) is 4.86. The fourth-order valence-electron chi connectivity index (χ4n) is 1.63. The van der Waals surface area contributed by atoms with Gasteiger partial charge in [0.05, 0.1) is 27.1 Å².